The predicted molar refractivity (Wildman–Crippen MR) is 73.3 cm³/mol. The van der Waals surface area contributed by atoms with E-state index in [2.05, 4.69) is 18.2 Å². The number of aromatic nitrogens is 1. The van der Waals surface area contributed by atoms with Gasteiger partial charge in [-0.3, -0.25) is 4.98 Å². The fourth-order valence-electron chi connectivity index (χ4n) is 2.63. The van der Waals surface area contributed by atoms with Crippen molar-refractivity contribution >= 4 is 0 Å². The van der Waals surface area contributed by atoms with Crippen LogP contribution in [0.1, 0.15) is 61.9 Å². The molecule has 96 valence electrons. The minimum Gasteiger partial charge on any atom is -0.258 e. The highest BCUT2D eigenvalue weighted by Gasteiger charge is 2.09. The lowest BCUT2D eigenvalue weighted by Gasteiger charge is -2.07. The number of nitrogens with zero attached hydrogens (tertiary/aromatic N) is 2. The summed E-state index contributed by atoms with van der Waals surface area (Å²) in [5.74, 6) is 0. The second-order valence-corrected chi connectivity index (χ2v) is 5.19. The number of unbranched alkanes of at least 4 members (excludes halogenated alkanes) is 3. The molecule has 1 aliphatic rings. The molecule has 0 amide bonds. The Hall–Kier alpha value is -1.36. The van der Waals surface area contributed by atoms with Gasteiger partial charge in [-0.2, -0.15) is 5.26 Å². The summed E-state index contributed by atoms with van der Waals surface area (Å²) >= 11 is 0. The van der Waals surface area contributed by atoms with E-state index in [1.807, 2.05) is 0 Å². The summed E-state index contributed by atoms with van der Waals surface area (Å²) in [4.78, 5) is 4.83. The zero-order valence-electron chi connectivity index (χ0n) is 11.1. The molecule has 18 heavy (non-hydrogen) atoms. The minimum atomic E-state index is 0.692. The lowest BCUT2D eigenvalue weighted by atomic mass is 10.1. The molecule has 1 aliphatic carbocycles. The SMILES string of the molecule is N#CCCCCCc1ccc2c(n1)CCCCC2. The Bertz CT molecular complexity index is 418. The van der Waals surface area contributed by atoms with Crippen molar-refractivity contribution < 1.29 is 0 Å². The molecular formula is C16H22N2. The molecule has 2 heteroatoms. The van der Waals surface area contributed by atoms with Gasteiger partial charge in [-0.1, -0.05) is 18.9 Å². The van der Waals surface area contributed by atoms with Crippen molar-refractivity contribution in [3.63, 3.8) is 0 Å². The van der Waals surface area contributed by atoms with Gasteiger partial charge in [0.05, 0.1) is 6.07 Å². The molecule has 0 radical (unpaired) electrons. The molecule has 0 aliphatic heterocycles. The van der Waals surface area contributed by atoms with E-state index >= 15 is 0 Å². The highest BCUT2D eigenvalue weighted by Crippen LogP contribution is 2.19. The zero-order chi connectivity index (χ0) is 12.6. The molecule has 0 atom stereocenters. The van der Waals surface area contributed by atoms with E-state index < -0.39 is 0 Å². The van der Waals surface area contributed by atoms with Crippen molar-refractivity contribution in [3.05, 3.63) is 29.1 Å². The van der Waals surface area contributed by atoms with Gasteiger partial charge in [0.2, 0.25) is 0 Å². The molecule has 1 heterocycles. The molecule has 1 aromatic heterocycles. The average molecular weight is 242 g/mol. The summed E-state index contributed by atoms with van der Waals surface area (Å²) in [6, 6.07) is 6.69. The molecule has 0 saturated heterocycles. The van der Waals surface area contributed by atoms with Crippen molar-refractivity contribution in [2.24, 2.45) is 0 Å². The van der Waals surface area contributed by atoms with Gasteiger partial charge < -0.3 is 0 Å². The van der Waals surface area contributed by atoms with Gasteiger partial charge >= 0.3 is 0 Å². The first kappa shape index (κ1) is 13.1. The zero-order valence-corrected chi connectivity index (χ0v) is 11.1. The number of fused-ring (bicyclic) bond motifs is 1. The molecule has 0 aromatic carbocycles. The van der Waals surface area contributed by atoms with Crippen LogP contribution in [0.3, 0.4) is 0 Å². The highest BCUT2D eigenvalue weighted by molar-refractivity contribution is 5.24. The number of aryl methyl sites for hydroxylation is 3. The molecule has 0 bridgehead atoms. The highest BCUT2D eigenvalue weighted by atomic mass is 14.7. The van der Waals surface area contributed by atoms with Crippen molar-refractivity contribution in [2.75, 3.05) is 0 Å². The maximum absolute atomic E-state index is 8.48. The van der Waals surface area contributed by atoms with E-state index in [0.29, 0.717) is 6.42 Å². The molecule has 0 spiro atoms. The topological polar surface area (TPSA) is 36.7 Å². The molecule has 0 saturated carbocycles. The second kappa shape index (κ2) is 7.16. The van der Waals surface area contributed by atoms with Crippen LogP contribution in [0.2, 0.25) is 0 Å². The van der Waals surface area contributed by atoms with Gasteiger partial charge in [-0.05, 0) is 56.6 Å². The van der Waals surface area contributed by atoms with Crippen LogP contribution in [0, 0.1) is 11.3 Å². The fraction of sp³-hybridized carbons (Fsp3) is 0.625. The van der Waals surface area contributed by atoms with Crippen LogP contribution < -0.4 is 0 Å². The van der Waals surface area contributed by atoms with Gasteiger partial charge in [-0.25, -0.2) is 0 Å². The number of nitriles is 1. The van der Waals surface area contributed by atoms with Crippen LogP contribution in [0.25, 0.3) is 0 Å². The molecule has 0 fully saturated rings. The third-order valence-electron chi connectivity index (χ3n) is 3.71. The molecule has 2 rings (SSSR count). The van der Waals surface area contributed by atoms with Crippen molar-refractivity contribution in [3.8, 4) is 6.07 Å². The molecular weight excluding hydrogens is 220 g/mol. The second-order valence-electron chi connectivity index (χ2n) is 5.19. The van der Waals surface area contributed by atoms with Gasteiger partial charge in [-0.15, -0.1) is 0 Å². The third kappa shape index (κ3) is 3.84. The number of rotatable bonds is 5. The monoisotopic (exact) mass is 242 g/mol. The number of hydrogen-bond donors (Lipinski definition) is 0. The van der Waals surface area contributed by atoms with E-state index in [-0.39, 0.29) is 0 Å². The van der Waals surface area contributed by atoms with Crippen molar-refractivity contribution in [2.45, 2.75) is 64.2 Å². The summed E-state index contributed by atoms with van der Waals surface area (Å²) < 4.78 is 0. The summed E-state index contributed by atoms with van der Waals surface area (Å²) in [6.45, 7) is 0. The van der Waals surface area contributed by atoms with Crippen LogP contribution in [0.4, 0.5) is 0 Å². The Labute approximate surface area is 110 Å². The smallest absolute Gasteiger partial charge is 0.0621 e. The first-order valence-electron chi connectivity index (χ1n) is 7.25. The standard InChI is InChI=1S/C16H22N2/c17-13-7-2-1-5-9-15-12-11-14-8-4-3-6-10-16(14)18-15/h11-12H,1-10H2. The fourth-order valence-corrected chi connectivity index (χ4v) is 2.63. The normalized spacial score (nSPS) is 14.6. The predicted octanol–water partition coefficient (Wildman–Crippen LogP) is 3.98. The third-order valence-corrected chi connectivity index (χ3v) is 3.71. The van der Waals surface area contributed by atoms with E-state index in [1.54, 1.807) is 0 Å². The lowest BCUT2D eigenvalue weighted by Crippen LogP contribution is -2.00. The van der Waals surface area contributed by atoms with Crippen LogP contribution in [0.15, 0.2) is 12.1 Å². The van der Waals surface area contributed by atoms with Gasteiger partial charge in [0.1, 0.15) is 0 Å². The maximum atomic E-state index is 8.48. The first-order valence-corrected chi connectivity index (χ1v) is 7.25. The lowest BCUT2D eigenvalue weighted by molar-refractivity contribution is 0.678. The van der Waals surface area contributed by atoms with E-state index in [9.17, 15) is 0 Å². The van der Waals surface area contributed by atoms with Crippen molar-refractivity contribution in [1.82, 2.24) is 4.98 Å². The minimum absolute atomic E-state index is 0.692. The Morgan fingerprint density at radius 2 is 1.94 bits per heavy atom. The Balaban J connectivity index is 1.86. The van der Waals surface area contributed by atoms with Crippen LogP contribution in [-0.2, 0) is 19.3 Å². The van der Waals surface area contributed by atoms with E-state index in [0.717, 1.165) is 32.1 Å². The number of hydrogen-bond acceptors (Lipinski definition) is 2. The summed E-state index contributed by atoms with van der Waals surface area (Å²) in [5.41, 5.74) is 4.07. The van der Waals surface area contributed by atoms with E-state index in [4.69, 9.17) is 10.2 Å². The Morgan fingerprint density at radius 3 is 2.83 bits per heavy atom. The molecule has 0 N–H and O–H groups in total. The quantitative estimate of drug-likeness (QED) is 0.578. The largest absolute Gasteiger partial charge is 0.258 e. The average Bonchev–Trinajstić information content (AvgIpc) is 2.63. The molecule has 2 nitrogen and oxygen atoms in total. The van der Waals surface area contributed by atoms with Gasteiger partial charge in [0.25, 0.3) is 0 Å². The van der Waals surface area contributed by atoms with Crippen LogP contribution >= 0.6 is 0 Å². The molecule has 1 aromatic rings. The van der Waals surface area contributed by atoms with Crippen LogP contribution in [-0.4, -0.2) is 4.98 Å². The van der Waals surface area contributed by atoms with Crippen LogP contribution in [0.5, 0.6) is 0 Å². The summed E-state index contributed by atoms with van der Waals surface area (Å²) in [7, 11) is 0. The van der Waals surface area contributed by atoms with Crippen molar-refractivity contribution in [1.29, 1.82) is 5.26 Å². The van der Waals surface area contributed by atoms with E-state index in [1.165, 1.54) is 42.6 Å². The molecule has 0 unspecified atom stereocenters. The summed E-state index contributed by atoms with van der Waals surface area (Å²) in [6.07, 6.45) is 11.4. The first-order chi connectivity index (χ1) is 8.90. The van der Waals surface area contributed by atoms with Gasteiger partial charge in [0, 0.05) is 17.8 Å². The van der Waals surface area contributed by atoms with Gasteiger partial charge in [0.15, 0.2) is 0 Å². The Morgan fingerprint density at radius 1 is 1.06 bits per heavy atom. The Kier molecular flexibility index (Phi) is 5.20. The number of pyridine rings is 1. The maximum Gasteiger partial charge on any atom is 0.0621 e. The summed E-state index contributed by atoms with van der Waals surface area (Å²) in [5, 5.41) is 8.48.